The van der Waals surface area contributed by atoms with E-state index in [1.807, 2.05) is 98.8 Å². The Hall–Kier alpha value is -10.9. The van der Waals surface area contributed by atoms with Gasteiger partial charge in [0.15, 0.2) is 34.5 Å². The molecule has 6 aliphatic rings. The number of ketones is 2. The summed E-state index contributed by atoms with van der Waals surface area (Å²) in [4.78, 5) is 75.7. The molecule has 94 heavy (non-hydrogen) atoms. The average Bonchev–Trinajstić information content (AvgIpc) is 1.59. The molecular weight excluding hydrogens is 1210 g/mol. The van der Waals surface area contributed by atoms with Gasteiger partial charge in [-0.05, 0) is 177 Å². The standard InChI is InChI=1S/C26H23NO5.C24H16F3NO5.C23H20N2O4/c1-15-3-6-19(27-24(15)20-7-4-17(25(29)30)11-16(20)2)13-23(28)26(9-10-26)18-5-8-21-22(12-18)32-14-31-21;25-17-10-13(4-6-16(17)22(30)31)18-3-1-2-15(28-18)12-21(29)23(8-9-23)14-5-7-19-20(11-14)33-24(26,27)32-19;26-13-15-4-6-16(7-5-15)18-2-1-3-21(24-18)25-22(27)23(10-11-23)17-8-9-19-20(12-17)29-14-28-19/h3-8,11-12H,9-10,13-14H2,1-2H3,(H,29,30);1-7,10-11H,8-9,12H2,(H,30,31);1-9,12,26H,10-11,13-14H2,(H,24,25,27). The van der Waals surface area contributed by atoms with Gasteiger partial charge in [-0.3, -0.25) is 24.4 Å². The first-order chi connectivity index (χ1) is 45.2. The molecular formula is C73H59F3N4O14. The number of aromatic nitrogens is 3. The lowest BCUT2D eigenvalue weighted by Crippen LogP contribution is -2.28. The van der Waals surface area contributed by atoms with Crippen LogP contribution in [0.5, 0.6) is 34.5 Å². The number of carboxylic acids is 2. The third-order valence-electron chi connectivity index (χ3n) is 17.8. The van der Waals surface area contributed by atoms with Crippen molar-refractivity contribution < 1.29 is 80.9 Å². The number of nitrogens with one attached hydrogen (secondary N) is 1. The maximum absolute atomic E-state index is 14.1. The normalized spacial score (nSPS) is 16.1. The zero-order valence-electron chi connectivity index (χ0n) is 50.7. The number of aryl methyl sites for hydroxylation is 2. The first-order valence-corrected chi connectivity index (χ1v) is 30.3. The van der Waals surface area contributed by atoms with Gasteiger partial charge in [0.05, 0.1) is 51.1 Å². The Morgan fingerprint density at radius 3 is 1.63 bits per heavy atom. The number of hydrogen-bond acceptors (Lipinski definition) is 15. The summed E-state index contributed by atoms with van der Waals surface area (Å²) in [6.07, 6.45) is 0.880. The fourth-order valence-electron chi connectivity index (χ4n) is 12.1. The van der Waals surface area contributed by atoms with Crippen LogP contribution in [-0.2, 0) is 50.1 Å². The van der Waals surface area contributed by atoms with Crippen LogP contribution in [0.2, 0.25) is 0 Å². The molecule has 3 aliphatic carbocycles. The fourth-order valence-corrected chi connectivity index (χ4v) is 12.1. The van der Waals surface area contributed by atoms with Gasteiger partial charge >= 0.3 is 18.2 Å². The minimum absolute atomic E-state index is 0.00570. The van der Waals surface area contributed by atoms with E-state index in [4.69, 9.17) is 29.0 Å². The number of fused-ring (bicyclic) bond motifs is 3. The van der Waals surface area contributed by atoms with Crippen molar-refractivity contribution >= 4 is 35.2 Å². The van der Waals surface area contributed by atoms with Crippen LogP contribution in [0, 0.1) is 19.7 Å². The van der Waals surface area contributed by atoms with Crippen LogP contribution in [-0.4, -0.2) is 79.6 Å². The van der Waals surface area contributed by atoms with Crippen LogP contribution in [0.3, 0.4) is 0 Å². The van der Waals surface area contributed by atoms with E-state index in [9.17, 15) is 47.4 Å². The summed E-state index contributed by atoms with van der Waals surface area (Å²) in [6, 6.07) is 46.5. The van der Waals surface area contributed by atoms with E-state index < -0.39 is 45.9 Å². The molecule has 3 aliphatic heterocycles. The van der Waals surface area contributed by atoms with E-state index >= 15 is 0 Å². The number of ether oxygens (including phenoxy) is 6. The van der Waals surface area contributed by atoms with E-state index in [-0.39, 0.29) is 67.6 Å². The highest BCUT2D eigenvalue weighted by Crippen LogP contribution is 2.55. The Morgan fingerprint density at radius 1 is 0.511 bits per heavy atom. The van der Waals surface area contributed by atoms with Gasteiger partial charge in [-0.15, -0.1) is 8.78 Å². The van der Waals surface area contributed by atoms with E-state index in [0.717, 1.165) is 88.1 Å². The molecule has 3 aromatic heterocycles. The smallest absolute Gasteiger partial charge is 0.478 e. The van der Waals surface area contributed by atoms with Crippen molar-refractivity contribution in [3.63, 3.8) is 0 Å². The van der Waals surface area contributed by atoms with Gasteiger partial charge in [0.2, 0.25) is 19.5 Å². The summed E-state index contributed by atoms with van der Waals surface area (Å²) < 4.78 is 71.3. The number of pyridine rings is 3. The number of benzene rings is 6. The van der Waals surface area contributed by atoms with Crippen LogP contribution in [0.25, 0.3) is 33.8 Å². The quantitative estimate of drug-likeness (QED) is 0.0661. The Labute approximate surface area is 535 Å². The third kappa shape index (κ3) is 12.5. The predicted molar refractivity (Wildman–Crippen MR) is 335 cm³/mol. The molecule has 476 valence electrons. The van der Waals surface area contributed by atoms with Gasteiger partial charge in [0.1, 0.15) is 23.2 Å². The highest BCUT2D eigenvalue weighted by molar-refractivity contribution is 6.01. The highest BCUT2D eigenvalue weighted by atomic mass is 19.3. The number of aliphatic hydroxyl groups excluding tert-OH is 1. The predicted octanol–water partition coefficient (Wildman–Crippen LogP) is 13.0. The van der Waals surface area contributed by atoms with E-state index in [1.165, 1.54) is 18.2 Å². The monoisotopic (exact) mass is 1270 g/mol. The minimum atomic E-state index is -3.73. The first-order valence-electron chi connectivity index (χ1n) is 30.3. The van der Waals surface area contributed by atoms with E-state index in [0.29, 0.717) is 69.9 Å². The second-order valence-corrected chi connectivity index (χ2v) is 23.9. The summed E-state index contributed by atoms with van der Waals surface area (Å²) in [5.74, 6) is -0.0950. The summed E-state index contributed by atoms with van der Waals surface area (Å²) in [5.41, 5.74) is 8.41. The van der Waals surface area contributed by atoms with Crippen LogP contribution in [0.1, 0.15) is 104 Å². The second kappa shape index (κ2) is 24.6. The van der Waals surface area contributed by atoms with Gasteiger partial charge in [0, 0.05) is 40.9 Å². The molecule has 3 fully saturated rings. The lowest BCUT2D eigenvalue weighted by atomic mass is 9.88. The maximum Gasteiger partial charge on any atom is 0.586 e. The number of nitrogens with zero attached hydrogens (tertiary/aromatic N) is 3. The van der Waals surface area contributed by atoms with Crippen LogP contribution in [0.15, 0.2) is 164 Å². The molecule has 0 bridgehead atoms. The number of rotatable bonds is 17. The number of carbonyl (C=O) groups is 5. The number of alkyl halides is 2. The largest absolute Gasteiger partial charge is 0.586 e. The number of halogens is 3. The number of amides is 1. The van der Waals surface area contributed by atoms with Gasteiger partial charge in [0.25, 0.3) is 0 Å². The van der Waals surface area contributed by atoms with Gasteiger partial charge in [-0.25, -0.2) is 19.0 Å². The minimum Gasteiger partial charge on any atom is -0.478 e. The fraction of sp³-hybridized carbons (Fsp3) is 0.233. The number of anilines is 1. The molecule has 6 heterocycles. The zero-order valence-corrected chi connectivity index (χ0v) is 50.7. The summed E-state index contributed by atoms with van der Waals surface area (Å²) in [6.45, 7) is 4.27. The maximum atomic E-state index is 14.1. The Bertz CT molecular complexity index is 4550. The summed E-state index contributed by atoms with van der Waals surface area (Å²) >= 11 is 0. The second-order valence-electron chi connectivity index (χ2n) is 23.9. The van der Waals surface area contributed by atoms with Crippen LogP contribution >= 0.6 is 0 Å². The molecule has 0 atom stereocenters. The molecule has 21 heteroatoms. The molecule has 1 amide bonds. The van der Waals surface area contributed by atoms with E-state index in [2.05, 4.69) is 24.8 Å². The molecule has 0 spiro atoms. The topological polar surface area (TPSA) is 252 Å². The Balaban J connectivity index is 0.000000128. The molecule has 3 saturated carbocycles. The third-order valence-corrected chi connectivity index (χ3v) is 17.8. The average molecular weight is 1270 g/mol. The number of aliphatic hydroxyl groups is 1. The van der Waals surface area contributed by atoms with Crippen molar-refractivity contribution in [2.45, 2.75) is 94.4 Å². The molecule has 9 aromatic rings. The lowest BCUT2D eigenvalue weighted by Gasteiger charge is -2.16. The zero-order chi connectivity index (χ0) is 65.7. The van der Waals surface area contributed by atoms with Crippen LogP contribution < -0.4 is 33.7 Å². The number of carboxylic acid groups (broad SMARTS) is 2. The van der Waals surface area contributed by atoms with Crippen molar-refractivity contribution in [2.24, 2.45) is 0 Å². The molecule has 0 unspecified atom stereocenters. The Morgan fingerprint density at radius 2 is 1.05 bits per heavy atom. The molecule has 4 N–H and O–H groups in total. The number of Topliss-reactive ketones (excluding diaryl/α,β-unsaturated/α-hetero) is 2. The number of aromatic carboxylic acids is 2. The molecule has 6 aromatic carbocycles. The Kier molecular flexibility index (Phi) is 16.2. The van der Waals surface area contributed by atoms with Gasteiger partial charge in [-0.1, -0.05) is 72.8 Å². The summed E-state index contributed by atoms with van der Waals surface area (Å²) in [5, 5.41) is 30.4. The molecule has 15 rings (SSSR count). The van der Waals surface area contributed by atoms with Gasteiger partial charge < -0.3 is 49.1 Å². The van der Waals surface area contributed by atoms with Crippen molar-refractivity contribution in [1.82, 2.24) is 15.0 Å². The molecule has 0 radical (unpaired) electrons. The number of carbonyl (C=O) groups excluding carboxylic acids is 3. The first kappa shape index (κ1) is 61.9. The van der Waals surface area contributed by atoms with Crippen molar-refractivity contribution in [1.29, 1.82) is 0 Å². The van der Waals surface area contributed by atoms with Gasteiger partial charge in [-0.2, -0.15) is 0 Å². The van der Waals surface area contributed by atoms with Crippen LogP contribution in [0.4, 0.5) is 19.0 Å². The molecule has 18 nitrogen and oxygen atoms in total. The highest BCUT2D eigenvalue weighted by Gasteiger charge is 2.54. The molecule has 0 saturated heterocycles. The van der Waals surface area contributed by atoms with Crippen molar-refractivity contribution in [3.05, 3.63) is 226 Å². The lowest BCUT2D eigenvalue weighted by molar-refractivity contribution is -0.286. The van der Waals surface area contributed by atoms with Crippen molar-refractivity contribution in [3.8, 4) is 68.3 Å². The summed E-state index contributed by atoms with van der Waals surface area (Å²) in [7, 11) is 0. The SMILES string of the molecule is Cc1cc(C(=O)O)ccc1-c1nc(CC(=O)C2(c3ccc4c(c3)OCO4)CC2)ccc1C.O=C(Nc1cccc(-c2ccc(CO)cc2)n1)C1(c2ccc3c(c2)OCO3)CC1.O=C(O)c1ccc(-c2cccc(CC(=O)C3(c4ccc5c(c4)OC(F)(F)O5)CC3)n2)cc1F. The number of hydrogen-bond donors (Lipinski definition) is 4. The van der Waals surface area contributed by atoms with E-state index in [1.54, 1.807) is 48.5 Å². The van der Waals surface area contributed by atoms with Crippen molar-refractivity contribution in [2.75, 3.05) is 18.9 Å².